The van der Waals surface area contributed by atoms with Gasteiger partial charge in [0.25, 0.3) is 10.0 Å². The third-order valence-electron chi connectivity index (χ3n) is 3.41. The highest BCUT2D eigenvalue weighted by Gasteiger charge is 2.31. The maximum absolute atomic E-state index is 12.4. The van der Waals surface area contributed by atoms with Gasteiger partial charge in [0.05, 0.1) is 11.1 Å². The molecule has 0 saturated carbocycles. The molecular weight excluding hydrogens is 385 g/mol. The summed E-state index contributed by atoms with van der Waals surface area (Å²) in [6.45, 7) is 1.69. The van der Waals surface area contributed by atoms with Crippen molar-refractivity contribution < 1.29 is 30.7 Å². The lowest BCUT2D eigenvalue weighted by Gasteiger charge is -2.11. The summed E-state index contributed by atoms with van der Waals surface area (Å²) >= 11 is 0. The molecule has 0 fully saturated rings. The maximum atomic E-state index is 12.4. The number of nitrogens with zero attached hydrogens (tertiary/aromatic N) is 1. The first kappa shape index (κ1) is 18.8. The number of aromatic nitrogens is 1. The number of benzene rings is 2. The lowest BCUT2D eigenvalue weighted by Crippen LogP contribution is -2.17. The number of ether oxygens (including phenoxy) is 1. The van der Waals surface area contributed by atoms with E-state index in [1.54, 1.807) is 19.1 Å². The van der Waals surface area contributed by atoms with Crippen molar-refractivity contribution in [3.8, 4) is 17.1 Å². The van der Waals surface area contributed by atoms with Gasteiger partial charge in [-0.15, -0.1) is 13.2 Å². The normalized spacial score (nSPS) is 12.0. The highest BCUT2D eigenvalue weighted by Crippen LogP contribution is 2.26. The van der Waals surface area contributed by atoms with Gasteiger partial charge in [0.15, 0.2) is 11.7 Å². The zero-order valence-corrected chi connectivity index (χ0v) is 14.6. The molecule has 0 spiro atoms. The zero-order chi connectivity index (χ0) is 19.7. The summed E-state index contributed by atoms with van der Waals surface area (Å²) in [5.41, 5.74) is 0.752. The lowest BCUT2D eigenvalue weighted by molar-refractivity contribution is -0.274. The van der Waals surface area contributed by atoms with Crippen molar-refractivity contribution in [1.82, 2.24) is 4.98 Å². The molecule has 2 aromatic carbocycles. The smallest absolute Gasteiger partial charge is 0.441 e. The van der Waals surface area contributed by atoms with Crippen molar-refractivity contribution >= 4 is 15.7 Å². The fourth-order valence-electron chi connectivity index (χ4n) is 2.23. The molecule has 1 aromatic heterocycles. The summed E-state index contributed by atoms with van der Waals surface area (Å²) < 4.78 is 72.7. The Morgan fingerprint density at radius 3 is 2.19 bits per heavy atom. The minimum absolute atomic E-state index is 0.0156. The van der Waals surface area contributed by atoms with Crippen molar-refractivity contribution in [2.75, 3.05) is 4.72 Å². The zero-order valence-electron chi connectivity index (χ0n) is 13.8. The van der Waals surface area contributed by atoms with E-state index in [1.165, 1.54) is 30.5 Å². The van der Waals surface area contributed by atoms with Gasteiger partial charge < -0.3 is 9.15 Å². The van der Waals surface area contributed by atoms with Gasteiger partial charge in [-0.2, -0.15) is 0 Å². The number of nitrogens with one attached hydrogen (secondary N) is 1. The van der Waals surface area contributed by atoms with E-state index >= 15 is 0 Å². The fraction of sp³-hybridized carbons (Fsp3) is 0.118. The van der Waals surface area contributed by atoms with Gasteiger partial charge in [0.2, 0.25) is 0 Å². The molecule has 0 bridgehead atoms. The average molecular weight is 398 g/mol. The third kappa shape index (κ3) is 4.79. The Balaban J connectivity index is 1.74. The first-order valence-electron chi connectivity index (χ1n) is 7.54. The number of oxazole rings is 1. The van der Waals surface area contributed by atoms with Crippen LogP contribution in [0.5, 0.6) is 5.75 Å². The van der Waals surface area contributed by atoms with Crippen LogP contribution in [0.3, 0.4) is 0 Å². The molecule has 10 heteroatoms. The number of rotatable bonds is 5. The number of halogens is 3. The van der Waals surface area contributed by atoms with Crippen LogP contribution in [0.25, 0.3) is 11.3 Å². The van der Waals surface area contributed by atoms with E-state index in [-0.39, 0.29) is 10.6 Å². The van der Waals surface area contributed by atoms with Crippen LogP contribution >= 0.6 is 0 Å². The van der Waals surface area contributed by atoms with E-state index in [4.69, 9.17) is 4.42 Å². The molecule has 0 aliphatic rings. The summed E-state index contributed by atoms with van der Waals surface area (Å²) in [7, 11) is -3.91. The largest absolute Gasteiger partial charge is 0.573 e. The molecule has 3 rings (SSSR count). The predicted octanol–water partition coefficient (Wildman–Crippen LogP) is 4.35. The molecule has 0 radical (unpaired) electrons. The van der Waals surface area contributed by atoms with Crippen LogP contribution in [0.4, 0.5) is 18.9 Å². The number of alkyl halides is 3. The molecule has 0 saturated heterocycles. The summed E-state index contributed by atoms with van der Waals surface area (Å²) in [4.78, 5) is 3.96. The van der Waals surface area contributed by atoms with E-state index in [1.807, 2.05) is 0 Å². The Morgan fingerprint density at radius 1 is 1.04 bits per heavy atom. The van der Waals surface area contributed by atoms with Crippen LogP contribution in [0.1, 0.15) is 5.89 Å². The maximum Gasteiger partial charge on any atom is 0.573 e. The van der Waals surface area contributed by atoms with Crippen molar-refractivity contribution in [1.29, 1.82) is 0 Å². The van der Waals surface area contributed by atoms with E-state index in [0.29, 0.717) is 17.2 Å². The Kier molecular flexibility index (Phi) is 4.83. The van der Waals surface area contributed by atoms with E-state index in [0.717, 1.165) is 12.1 Å². The number of hydrogen-bond acceptors (Lipinski definition) is 5. The van der Waals surface area contributed by atoms with E-state index < -0.39 is 22.1 Å². The Hall–Kier alpha value is -3.01. The van der Waals surface area contributed by atoms with Crippen LogP contribution in [0, 0.1) is 6.92 Å². The quantitative estimate of drug-likeness (QED) is 0.691. The Morgan fingerprint density at radius 2 is 1.67 bits per heavy atom. The number of hydrogen-bond donors (Lipinski definition) is 1. The molecule has 27 heavy (non-hydrogen) atoms. The van der Waals surface area contributed by atoms with Crippen LogP contribution in [0.15, 0.2) is 64.0 Å². The molecular formula is C17H13F3N2O4S. The van der Waals surface area contributed by atoms with Gasteiger partial charge in [-0.3, -0.25) is 4.72 Å². The second-order valence-corrected chi connectivity index (χ2v) is 7.13. The molecule has 0 aliphatic heterocycles. The van der Waals surface area contributed by atoms with Gasteiger partial charge in [-0.25, -0.2) is 13.4 Å². The number of anilines is 1. The van der Waals surface area contributed by atoms with Crippen molar-refractivity contribution in [2.24, 2.45) is 0 Å². The first-order valence-corrected chi connectivity index (χ1v) is 9.02. The van der Waals surface area contributed by atoms with Gasteiger partial charge in [0.1, 0.15) is 5.75 Å². The molecule has 142 valence electrons. The predicted molar refractivity (Wildman–Crippen MR) is 90.6 cm³/mol. The molecule has 6 nitrogen and oxygen atoms in total. The molecule has 0 atom stereocenters. The molecule has 0 unspecified atom stereocenters. The monoisotopic (exact) mass is 398 g/mol. The fourth-order valence-corrected chi connectivity index (χ4v) is 3.29. The molecule has 1 heterocycles. The number of aryl methyl sites for hydroxylation is 1. The van der Waals surface area contributed by atoms with Crippen molar-refractivity contribution in [3.05, 3.63) is 60.6 Å². The highest BCUT2D eigenvalue weighted by atomic mass is 32.2. The number of sulfonamides is 1. The highest BCUT2D eigenvalue weighted by molar-refractivity contribution is 7.92. The molecule has 0 amide bonds. The van der Waals surface area contributed by atoms with Crippen LogP contribution in [0.2, 0.25) is 0 Å². The first-order chi connectivity index (χ1) is 12.6. The van der Waals surface area contributed by atoms with Crippen molar-refractivity contribution in [3.63, 3.8) is 0 Å². The molecule has 0 aliphatic carbocycles. The Bertz CT molecular complexity index is 1030. The minimum Gasteiger partial charge on any atom is -0.441 e. The van der Waals surface area contributed by atoms with Gasteiger partial charge in [-0.05, 0) is 48.5 Å². The van der Waals surface area contributed by atoms with Crippen LogP contribution in [-0.2, 0) is 10.0 Å². The second kappa shape index (κ2) is 6.95. The minimum atomic E-state index is -4.81. The summed E-state index contributed by atoms with van der Waals surface area (Å²) in [6.07, 6.45) is -3.29. The van der Waals surface area contributed by atoms with E-state index in [2.05, 4.69) is 14.4 Å². The van der Waals surface area contributed by atoms with Gasteiger partial charge in [0, 0.05) is 18.2 Å². The summed E-state index contributed by atoms with van der Waals surface area (Å²) in [5, 5.41) is 0. The SMILES string of the molecule is Cc1ncc(-c2ccc(S(=O)(=O)Nc3ccc(OC(F)(F)F)cc3)cc2)o1. The van der Waals surface area contributed by atoms with Crippen molar-refractivity contribution in [2.45, 2.75) is 18.2 Å². The van der Waals surface area contributed by atoms with E-state index in [9.17, 15) is 21.6 Å². The second-order valence-electron chi connectivity index (χ2n) is 5.45. The van der Waals surface area contributed by atoms with Crippen LogP contribution < -0.4 is 9.46 Å². The average Bonchev–Trinajstić information content (AvgIpc) is 3.02. The summed E-state index contributed by atoms with van der Waals surface area (Å²) in [6, 6.07) is 10.3. The molecule has 1 N–H and O–H groups in total. The lowest BCUT2D eigenvalue weighted by atomic mass is 10.2. The van der Waals surface area contributed by atoms with Gasteiger partial charge >= 0.3 is 6.36 Å². The third-order valence-corrected chi connectivity index (χ3v) is 4.81. The van der Waals surface area contributed by atoms with Crippen LogP contribution in [-0.4, -0.2) is 19.8 Å². The standard InChI is InChI=1S/C17H13F3N2O4S/c1-11-21-10-16(25-11)12-2-8-15(9-3-12)27(23,24)22-13-4-6-14(7-5-13)26-17(18,19)20/h2-10,22H,1H3. The topological polar surface area (TPSA) is 81.4 Å². The summed E-state index contributed by atoms with van der Waals surface area (Å²) in [5.74, 6) is 0.545. The molecule has 3 aromatic rings. The van der Waals surface area contributed by atoms with Gasteiger partial charge in [-0.1, -0.05) is 0 Å². The Labute approximate surface area is 152 Å².